The number of carboxylic acid groups (broad SMARTS) is 1. The van der Waals surface area contributed by atoms with Crippen molar-refractivity contribution in [2.24, 2.45) is 0 Å². The number of H-pyrrole nitrogens is 1. The Kier molecular flexibility index (Phi) is 2.66. The summed E-state index contributed by atoms with van der Waals surface area (Å²) in [6.45, 7) is 2.01. The summed E-state index contributed by atoms with van der Waals surface area (Å²) in [5.74, 6) is -0.933. The molecule has 84 valence electrons. The van der Waals surface area contributed by atoms with Gasteiger partial charge in [0.2, 0.25) is 0 Å². The number of hydrogen-bond acceptors (Lipinski definition) is 2. The van der Waals surface area contributed by atoms with Gasteiger partial charge in [0, 0.05) is 23.2 Å². The van der Waals surface area contributed by atoms with Gasteiger partial charge in [-0.25, -0.2) is 4.79 Å². The molecule has 0 unspecified atom stereocenters. The van der Waals surface area contributed by atoms with E-state index in [4.69, 9.17) is 10.2 Å². The standard InChI is InChI=1S/C12H13NO3/c1-7-9(4-5-14)10-3-2-8(12(15)16)6-11(10)13-7/h2-3,6,13-14H,4-5H2,1H3,(H,15,16). The molecule has 4 heteroatoms. The molecule has 2 rings (SSSR count). The van der Waals surface area contributed by atoms with E-state index in [9.17, 15) is 4.79 Å². The molecule has 0 aliphatic carbocycles. The highest BCUT2D eigenvalue weighted by Gasteiger charge is 2.10. The van der Waals surface area contributed by atoms with E-state index in [0.29, 0.717) is 6.42 Å². The Morgan fingerprint density at radius 1 is 1.44 bits per heavy atom. The third kappa shape index (κ3) is 1.67. The molecule has 0 bridgehead atoms. The number of aromatic nitrogens is 1. The number of benzene rings is 1. The van der Waals surface area contributed by atoms with Gasteiger partial charge in [0.1, 0.15) is 0 Å². The largest absolute Gasteiger partial charge is 0.478 e. The first-order valence-electron chi connectivity index (χ1n) is 5.09. The Labute approximate surface area is 92.5 Å². The van der Waals surface area contributed by atoms with Crippen LogP contribution in [0.15, 0.2) is 18.2 Å². The monoisotopic (exact) mass is 219 g/mol. The second-order valence-electron chi connectivity index (χ2n) is 3.77. The Bertz CT molecular complexity index is 542. The molecular weight excluding hydrogens is 206 g/mol. The predicted molar refractivity (Wildman–Crippen MR) is 60.8 cm³/mol. The van der Waals surface area contributed by atoms with Gasteiger partial charge in [0.25, 0.3) is 0 Å². The second kappa shape index (κ2) is 3.98. The van der Waals surface area contributed by atoms with Crippen molar-refractivity contribution in [3.05, 3.63) is 35.0 Å². The summed E-state index contributed by atoms with van der Waals surface area (Å²) >= 11 is 0. The highest BCUT2D eigenvalue weighted by Crippen LogP contribution is 2.23. The summed E-state index contributed by atoms with van der Waals surface area (Å²) in [5.41, 5.74) is 3.10. The van der Waals surface area contributed by atoms with Crippen LogP contribution in [0.4, 0.5) is 0 Å². The zero-order valence-corrected chi connectivity index (χ0v) is 8.95. The normalized spacial score (nSPS) is 10.9. The molecule has 0 amide bonds. The Morgan fingerprint density at radius 2 is 2.19 bits per heavy atom. The molecule has 0 spiro atoms. The van der Waals surface area contributed by atoms with Crippen LogP contribution in [0.1, 0.15) is 21.6 Å². The number of fused-ring (bicyclic) bond motifs is 1. The van der Waals surface area contributed by atoms with E-state index in [-0.39, 0.29) is 12.2 Å². The van der Waals surface area contributed by atoms with Crippen molar-refractivity contribution in [2.75, 3.05) is 6.61 Å². The molecule has 0 aliphatic heterocycles. The van der Waals surface area contributed by atoms with Crippen molar-refractivity contribution < 1.29 is 15.0 Å². The maximum absolute atomic E-state index is 10.8. The number of rotatable bonds is 3. The van der Waals surface area contributed by atoms with E-state index in [1.807, 2.05) is 6.92 Å². The first-order chi connectivity index (χ1) is 7.63. The van der Waals surface area contributed by atoms with Gasteiger partial charge in [0.05, 0.1) is 5.56 Å². The fourth-order valence-electron chi connectivity index (χ4n) is 1.96. The maximum atomic E-state index is 10.8. The molecule has 0 aliphatic rings. The van der Waals surface area contributed by atoms with E-state index in [1.165, 1.54) is 0 Å². The smallest absolute Gasteiger partial charge is 0.335 e. The molecule has 1 aromatic heterocycles. The van der Waals surface area contributed by atoms with Gasteiger partial charge in [-0.3, -0.25) is 0 Å². The van der Waals surface area contributed by atoms with E-state index < -0.39 is 5.97 Å². The zero-order chi connectivity index (χ0) is 11.7. The van der Waals surface area contributed by atoms with E-state index in [2.05, 4.69) is 4.98 Å². The van der Waals surface area contributed by atoms with Gasteiger partial charge >= 0.3 is 5.97 Å². The van der Waals surface area contributed by atoms with Crippen molar-refractivity contribution >= 4 is 16.9 Å². The fourth-order valence-corrected chi connectivity index (χ4v) is 1.96. The van der Waals surface area contributed by atoms with Crippen LogP contribution >= 0.6 is 0 Å². The third-order valence-corrected chi connectivity index (χ3v) is 2.73. The first kappa shape index (κ1) is 10.7. The first-order valence-corrected chi connectivity index (χ1v) is 5.09. The van der Waals surface area contributed by atoms with Gasteiger partial charge in [-0.1, -0.05) is 6.07 Å². The zero-order valence-electron chi connectivity index (χ0n) is 8.95. The Morgan fingerprint density at radius 3 is 2.81 bits per heavy atom. The lowest BCUT2D eigenvalue weighted by Gasteiger charge is -1.98. The molecule has 16 heavy (non-hydrogen) atoms. The molecule has 0 atom stereocenters. The summed E-state index contributed by atoms with van der Waals surface area (Å²) < 4.78 is 0. The number of carboxylic acids is 1. The molecule has 4 nitrogen and oxygen atoms in total. The van der Waals surface area contributed by atoms with E-state index >= 15 is 0 Å². The lowest BCUT2D eigenvalue weighted by Crippen LogP contribution is -1.95. The maximum Gasteiger partial charge on any atom is 0.335 e. The minimum atomic E-state index is -0.933. The van der Waals surface area contributed by atoms with Crippen molar-refractivity contribution in [3.63, 3.8) is 0 Å². The van der Waals surface area contributed by atoms with Crippen LogP contribution in [0.2, 0.25) is 0 Å². The number of aliphatic hydroxyl groups excluding tert-OH is 1. The number of aliphatic hydroxyl groups is 1. The van der Waals surface area contributed by atoms with E-state index in [0.717, 1.165) is 22.2 Å². The minimum absolute atomic E-state index is 0.0917. The topological polar surface area (TPSA) is 73.3 Å². The average molecular weight is 219 g/mol. The van der Waals surface area contributed by atoms with Crippen LogP contribution in [0, 0.1) is 6.92 Å². The summed E-state index contributed by atoms with van der Waals surface area (Å²) in [5, 5.41) is 18.8. The lowest BCUT2D eigenvalue weighted by atomic mass is 10.1. The van der Waals surface area contributed by atoms with Crippen LogP contribution in [0.5, 0.6) is 0 Å². The van der Waals surface area contributed by atoms with Gasteiger partial charge in [-0.15, -0.1) is 0 Å². The number of aromatic carboxylic acids is 1. The summed E-state index contributed by atoms with van der Waals surface area (Å²) in [6, 6.07) is 4.98. The SMILES string of the molecule is Cc1[nH]c2cc(C(=O)O)ccc2c1CCO. The van der Waals surface area contributed by atoms with Crippen molar-refractivity contribution in [1.82, 2.24) is 4.98 Å². The van der Waals surface area contributed by atoms with Crippen LogP contribution < -0.4 is 0 Å². The molecular formula is C12H13NO3. The highest BCUT2D eigenvalue weighted by molar-refractivity contribution is 5.94. The number of carbonyl (C=O) groups is 1. The van der Waals surface area contributed by atoms with Crippen molar-refractivity contribution in [2.45, 2.75) is 13.3 Å². The van der Waals surface area contributed by atoms with Crippen LogP contribution in [-0.4, -0.2) is 27.8 Å². The van der Waals surface area contributed by atoms with Gasteiger partial charge in [-0.2, -0.15) is 0 Å². The quantitative estimate of drug-likeness (QED) is 0.735. The number of hydrogen-bond donors (Lipinski definition) is 3. The average Bonchev–Trinajstić information content (AvgIpc) is 2.55. The van der Waals surface area contributed by atoms with Crippen LogP contribution in [-0.2, 0) is 6.42 Å². The highest BCUT2D eigenvalue weighted by atomic mass is 16.4. The van der Waals surface area contributed by atoms with E-state index in [1.54, 1.807) is 18.2 Å². The summed E-state index contributed by atoms with van der Waals surface area (Å²) in [4.78, 5) is 13.9. The molecule has 0 fully saturated rings. The van der Waals surface area contributed by atoms with Crippen molar-refractivity contribution in [1.29, 1.82) is 0 Å². The van der Waals surface area contributed by atoms with Gasteiger partial charge in [0.15, 0.2) is 0 Å². The molecule has 1 heterocycles. The predicted octanol–water partition coefficient (Wildman–Crippen LogP) is 1.71. The molecule has 3 N–H and O–H groups in total. The van der Waals surface area contributed by atoms with Crippen molar-refractivity contribution in [3.8, 4) is 0 Å². The summed E-state index contributed by atoms with van der Waals surface area (Å²) in [6.07, 6.45) is 0.582. The number of aromatic amines is 1. The number of nitrogens with one attached hydrogen (secondary N) is 1. The molecule has 2 aromatic rings. The van der Waals surface area contributed by atoms with Gasteiger partial charge < -0.3 is 15.2 Å². The molecule has 0 radical (unpaired) electrons. The third-order valence-electron chi connectivity index (χ3n) is 2.73. The number of aryl methyl sites for hydroxylation is 1. The second-order valence-corrected chi connectivity index (χ2v) is 3.77. The fraction of sp³-hybridized carbons (Fsp3) is 0.250. The summed E-state index contributed by atoms with van der Waals surface area (Å²) in [7, 11) is 0. The van der Waals surface area contributed by atoms with Crippen LogP contribution in [0.25, 0.3) is 10.9 Å². The molecule has 0 saturated carbocycles. The lowest BCUT2D eigenvalue weighted by molar-refractivity contribution is 0.0697. The van der Waals surface area contributed by atoms with Crippen LogP contribution in [0.3, 0.4) is 0 Å². The molecule has 0 saturated heterocycles. The Balaban J connectivity index is 2.60. The van der Waals surface area contributed by atoms with Gasteiger partial charge in [-0.05, 0) is 31.0 Å². The molecule has 1 aromatic carbocycles. The minimum Gasteiger partial charge on any atom is -0.478 e. The Hall–Kier alpha value is -1.81.